The molecule has 2 aromatic carbocycles. The Morgan fingerprint density at radius 1 is 0.939 bits per heavy atom. The molecule has 3 aromatic rings. The average molecular weight is 444 g/mol. The van der Waals surface area contributed by atoms with E-state index in [0.29, 0.717) is 6.42 Å². The number of para-hydroxylation sites is 1. The summed E-state index contributed by atoms with van der Waals surface area (Å²) in [6.45, 7) is 12.8. The third kappa shape index (κ3) is 3.03. The highest BCUT2D eigenvalue weighted by Crippen LogP contribution is 2.58. The Balaban J connectivity index is 1.78. The van der Waals surface area contributed by atoms with Crippen LogP contribution in [0.15, 0.2) is 54.6 Å². The zero-order valence-corrected chi connectivity index (χ0v) is 20.6. The first-order valence-electron chi connectivity index (χ1n) is 12.3. The molecular formula is C29H34FN3. The second kappa shape index (κ2) is 7.86. The Hall–Kier alpha value is -2.88. The molecule has 3 heterocycles. The van der Waals surface area contributed by atoms with Crippen molar-refractivity contribution >= 4 is 17.2 Å². The smallest absolute Gasteiger partial charge is 0.159 e. The molecule has 0 bridgehead atoms. The number of fused-ring (bicyclic) bond motifs is 5. The number of rotatable bonds is 4. The third-order valence-corrected chi connectivity index (χ3v) is 7.72. The van der Waals surface area contributed by atoms with Crippen molar-refractivity contribution in [1.29, 1.82) is 0 Å². The van der Waals surface area contributed by atoms with Gasteiger partial charge >= 0.3 is 0 Å². The van der Waals surface area contributed by atoms with E-state index in [9.17, 15) is 0 Å². The van der Waals surface area contributed by atoms with Crippen molar-refractivity contribution in [1.82, 2.24) is 4.98 Å². The van der Waals surface area contributed by atoms with Crippen LogP contribution in [0.2, 0.25) is 0 Å². The van der Waals surface area contributed by atoms with E-state index in [4.69, 9.17) is 4.98 Å². The molecule has 0 radical (unpaired) electrons. The van der Waals surface area contributed by atoms with Gasteiger partial charge in [-0.15, -0.1) is 0 Å². The maximum absolute atomic E-state index is 16.8. The number of nitrogens with zero attached hydrogens (tertiary/aromatic N) is 3. The summed E-state index contributed by atoms with van der Waals surface area (Å²) in [6, 6.07) is 19.0. The molecule has 2 aliphatic rings. The molecule has 0 amide bonds. The molecule has 0 aliphatic carbocycles. The minimum Gasteiger partial charge on any atom is -0.345 e. The first-order chi connectivity index (χ1) is 15.8. The van der Waals surface area contributed by atoms with Crippen LogP contribution in [-0.4, -0.2) is 17.2 Å². The Morgan fingerprint density at radius 3 is 2.27 bits per heavy atom. The van der Waals surface area contributed by atoms with Crippen molar-refractivity contribution in [2.45, 2.75) is 72.3 Å². The van der Waals surface area contributed by atoms with E-state index in [1.165, 1.54) is 16.7 Å². The minimum absolute atomic E-state index is 0.0921. The number of aryl methyl sites for hydroxylation is 2. The van der Waals surface area contributed by atoms with Gasteiger partial charge in [-0.05, 0) is 69.9 Å². The quantitative estimate of drug-likeness (QED) is 0.412. The van der Waals surface area contributed by atoms with Crippen LogP contribution in [0.3, 0.4) is 0 Å². The van der Waals surface area contributed by atoms with Crippen LogP contribution in [0.5, 0.6) is 0 Å². The van der Waals surface area contributed by atoms with E-state index in [1.54, 1.807) is 0 Å². The molecule has 0 spiro atoms. The Morgan fingerprint density at radius 2 is 1.64 bits per heavy atom. The molecule has 3 nitrogen and oxygen atoms in total. The molecule has 0 saturated carbocycles. The van der Waals surface area contributed by atoms with Gasteiger partial charge in [-0.3, -0.25) is 0 Å². The molecular weight excluding hydrogens is 409 g/mol. The summed E-state index contributed by atoms with van der Waals surface area (Å²) < 4.78 is 16.8. The standard InChI is InChI=1S/C29H34FN3/c1-7-21-28-32(18(3)4)25-17-16-23(26-19(5)12-11-13-20(26)6)31-27(25)33(28)24-15-10-9-14-22(24)29(21,30)8-2/h9-18,21,28H,7-8H2,1-6H3. The molecule has 2 aliphatic heterocycles. The molecule has 0 saturated heterocycles. The zero-order valence-electron chi connectivity index (χ0n) is 20.6. The first kappa shape index (κ1) is 21.9. The fourth-order valence-electron chi connectivity index (χ4n) is 6.24. The summed E-state index contributed by atoms with van der Waals surface area (Å²) in [6.07, 6.45) is 1.14. The summed E-state index contributed by atoms with van der Waals surface area (Å²) in [5.41, 5.74) is 6.08. The van der Waals surface area contributed by atoms with Crippen molar-refractivity contribution in [3.05, 3.63) is 71.3 Å². The van der Waals surface area contributed by atoms with Crippen LogP contribution in [0.1, 0.15) is 57.2 Å². The van der Waals surface area contributed by atoms with Gasteiger partial charge in [-0.1, -0.05) is 50.2 Å². The number of anilines is 3. The van der Waals surface area contributed by atoms with E-state index >= 15 is 4.39 Å². The number of hydrogen-bond acceptors (Lipinski definition) is 3. The number of pyridine rings is 1. The highest BCUT2D eigenvalue weighted by molar-refractivity contribution is 5.86. The van der Waals surface area contributed by atoms with Gasteiger partial charge in [0, 0.05) is 23.1 Å². The normalized spacial score (nSPS) is 23.5. The number of hydrogen-bond donors (Lipinski definition) is 0. The number of aromatic nitrogens is 1. The lowest BCUT2D eigenvalue weighted by atomic mass is 9.73. The largest absolute Gasteiger partial charge is 0.345 e. The van der Waals surface area contributed by atoms with Crippen LogP contribution < -0.4 is 9.80 Å². The Bertz CT molecular complexity index is 1180. The summed E-state index contributed by atoms with van der Waals surface area (Å²) in [4.78, 5) is 9.98. The summed E-state index contributed by atoms with van der Waals surface area (Å²) in [5.74, 6) is 0.788. The molecule has 4 heteroatoms. The fraction of sp³-hybridized carbons (Fsp3) is 0.414. The van der Waals surface area contributed by atoms with Gasteiger partial charge in [-0.25, -0.2) is 9.37 Å². The topological polar surface area (TPSA) is 19.4 Å². The lowest BCUT2D eigenvalue weighted by Crippen LogP contribution is -2.57. The van der Waals surface area contributed by atoms with Gasteiger partial charge in [0.15, 0.2) is 5.82 Å². The van der Waals surface area contributed by atoms with Crippen molar-refractivity contribution in [2.24, 2.45) is 5.92 Å². The van der Waals surface area contributed by atoms with E-state index in [2.05, 4.69) is 80.8 Å². The Labute approximate surface area is 197 Å². The second-order valence-electron chi connectivity index (χ2n) is 9.84. The molecule has 3 unspecified atom stereocenters. The monoisotopic (exact) mass is 443 g/mol. The van der Waals surface area contributed by atoms with Crippen molar-refractivity contribution in [3.8, 4) is 11.3 Å². The number of alkyl halides is 1. The predicted octanol–water partition coefficient (Wildman–Crippen LogP) is 7.67. The van der Waals surface area contributed by atoms with Crippen LogP contribution in [-0.2, 0) is 5.67 Å². The summed E-state index contributed by atoms with van der Waals surface area (Å²) >= 11 is 0. The maximum atomic E-state index is 16.8. The second-order valence-corrected chi connectivity index (χ2v) is 9.84. The van der Waals surface area contributed by atoms with Crippen LogP contribution in [0.25, 0.3) is 11.3 Å². The highest BCUT2D eigenvalue weighted by atomic mass is 19.1. The van der Waals surface area contributed by atoms with Crippen LogP contribution in [0, 0.1) is 19.8 Å². The summed E-state index contributed by atoms with van der Waals surface area (Å²) in [5, 5.41) is 0. The highest BCUT2D eigenvalue weighted by Gasteiger charge is 2.56. The lowest BCUT2D eigenvalue weighted by molar-refractivity contribution is 0.0451. The number of benzene rings is 2. The van der Waals surface area contributed by atoms with E-state index in [0.717, 1.165) is 34.9 Å². The van der Waals surface area contributed by atoms with Crippen LogP contribution >= 0.6 is 0 Å². The summed E-state index contributed by atoms with van der Waals surface area (Å²) in [7, 11) is 0. The van der Waals surface area contributed by atoms with Crippen LogP contribution in [0.4, 0.5) is 21.6 Å². The lowest BCUT2D eigenvalue weighted by Gasteiger charge is -2.50. The van der Waals surface area contributed by atoms with Gasteiger partial charge in [0.1, 0.15) is 11.8 Å². The van der Waals surface area contributed by atoms with Crippen molar-refractivity contribution in [3.63, 3.8) is 0 Å². The van der Waals surface area contributed by atoms with E-state index in [-0.39, 0.29) is 18.1 Å². The molecule has 1 aromatic heterocycles. The first-order valence-corrected chi connectivity index (χ1v) is 12.3. The molecule has 5 rings (SSSR count). The average Bonchev–Trinajstić information content (AvgIpc) is 3.14. The maximum Gasteiger partial charge on any atom is 0.159 e. The van der Waals surface area contributed by atoms with Crippen molar-refractivity contribution < 1.29 is 4.39 Å². The van der Waals surface area contributed by atoms with Crippen molar-refractivity contribution in [2.75, 3.05) is 9.80 Å². The van der Waals surface area contributed by atoms with Gasteiger partial charge in [-0.2, -0.15) is 0 Å². The SMILES string of the molecule is CCC1C2N(c3ccccc3C1(F)CC)c1nc(-c3c(C)cccc3C)ccc1N2C(C)C. The third-order valence-electron chi connectivity index (χ3n) is 7.72. The van der Waals surface area contributed by atoms with Gasteiger partial charge in [0.25, 0.3) is 0 Å². The van der Waals surface area contributed by atoms with E-state index < -0.39 is 5.67 Å². The van der Waals surface area contributed by atoms with E-state index in [1.807, 2.05) is 25.1 Å². The van der Waals surface area contributed by atoms with Gasteiger partial charge in [0.05, 0.1) is 17.1 Å². The molecule has 3 atom stereocenters. The fourth-order valence-corrected chi connectivity index (χ4v) is 6.24. The molecule has 33 heavy (non-hydrogen) atoms. The molecule has 172 valence electrons. The van der Waals surface area contributed by atoms with Gasteiger partial charge in [0.2, 0.25) is 0 Å². The number of halogens is 1. The van der Waals surface area contributed by atoms with Gasteiger partial charge < -0.3 is 9.80 Å². The molecule has 0 N–H and O–H groups in total. The Kier molecular flexibility index (Phi) is 5.23. The predicted molar refractivity (Wildman–Crippen MR) is 136 cm³/mol. The zero-order chi connectivity index (χ0) is 23.5. The molecule has 0 fully saturated rings. The minimum atomic E-state index is -1.36.